The first-order chi connectivity index (χ1) is 9.78. The van der Waals surface area contributed by atoms with Gasteiger partial charge in [-0.1, -0.05) is 30.3 Å². The smallest absolute Gasteiger partial charge is 0.226 e. The van der Waals surface area contributed by atoms with Gasteiger partial charge >= 0.3 is 0 Å². The monoisotopic (exact) mass is 294 g/mol. The lowest BCUT2D eigenvalue weighted by Crippen LogP contribution is -2.02. The maximum absolute atomic E-state index is 5.84. The van der Waals surface area contributed by atoms with Crippen molar-refractivity contribution in [3.8, 4) is 0 Å². The van der Waals surface area contributed by atoms with Gasteiger partial charge in [0.1, 0.15) is 0 Å². The highest BCUT2D eigenvalue weighted by molar-refractivity contribution is 7.98. The minimum atomic E-state index is 0.470. The number of nitrogen functional groups attached to an aromatic ring is 1. The topological polar surface area (TPSA) is 95.7 Å². The fourth-order valence-electron chi connectivity index (χ4n) is 1.97. The second kappa shape index (κ2) is 5.82. The number of nitrogens with two attached hydrogens (primary N) is 1. The first kappa shape index (κ1) is 13.4. The van der Waals surface area contributed by atoms with E-state index in [9.17, 15) is 0 Å². The summed E-state index contributed by atoms with van der Waals surface area (Å²) < 4.78 is 7.21. The Kier molecular flexibility index (Phi) is 3.90. The molecule has 108 valence electrons. The Bertz CT molecular complexity index is 576. The molecular weight excluding hydrogens is 276 g/mol. The predicted octanol–water partition coefficient (Wildman–Crippen LogP) is 2.21. The lowest BCUT2D eigenvalue weighted by molar-refractivity contribution is 0.371. The number of unbranched alkanes of at least 4 members (excludes halogenated alkanes) is 1. The van der Waals surface area contributed by atoms with Crippen molar-refractivity contribution in [3.05, 3.63) is 11.7 Å². The van der Waals surface area contributed by atoms with E-state index < -0.39 is 0 Å². The van der Waals surface area contributed by atoms with Crippen LogP contribution in [0.15, 0.2) is 9.68 Å². The van der Waals surface area contributed by atoms with Gasteiger partial charge in [0.15, 0.2) is 11.0 Å². The molecule has 0 radical (unpaired) electrons. The Morgan fingerprint density at radius 2 is 2.25 bits per heavy atom. The minimum absolute atomic E-state index is 0.470. The normalized spacial score (nSPS) is 14.8. The second-order valence-corrected chi connectivity index (χ2v) is 5.88. The van der Waals surface area contributed by atoms with Crippen molar-refractivity contribution in [1.82, 2.24) is 24.9 Å². The van der Waals surface area contributed by atoms with Crippen LogP contribution in [0.1, 0.15) is 50.4 Å². The molecule has 0 saturated heterocycles. The van der Waals surface area contributed by atoms with Crippen LogP contribution in [0.3, 0.4) is 0 Å². The Balaban J connectivity index is 1.60. The predicted molar refractivity (Wildman–Crippen MR) is 75.2 cm³/mol. The van der Waals surface area contributed by atoms with Crippen molar-refractivity contribution >= 4 is 17.7 Å². The van der Waals surface area contributed by atoms with Crippen molar-refractivity contribution in [2.24, 2.45) is 0 Å². The molecule has 2 heterocycles. The molecule has 0 aromatic carbocycles. The molecule has 2 aromatic heterocycles. The molecule has 3 rings (SSSR count). The third-order valence-corrected chi connectivity index (χ3v) is 4.13. The molecule has 2 aromatic rings. The molecule has 1 aliphatic rings. The fraction of sp³-hybridized carbons (Fsp3) is 0.667. The SMILES string of the molecule is CCCCc1nc(CSc2nnc(N)n2C2CC2)no1. The number of aryl methyl sites for hydroxylation is 1. The molecule has 8 heteroatoms. The summed E-state index contributed by atoms with van der Waals surface area (Å²) in [6, 6.07) is 0.470. The standard InChI is InChI=1S/C12H18N6OS/c1-2-3-4-10-14-9(17-19-10)7-20-12-16-15-11(13)18(12)8-5-6-8/h8H,2-7H2,1H3,(H2,13,15). The number of anilines is 1. The van der Waals surface area contributed by atoms with Gasteiger partial charge in [-0.25, -0.2) is 0 Å². The Hall–Kier alpha value is -1.57. The minimum Gasteiger partial charge on any atom is -0.368 e. The lowest BCUT2D eigenvalue weighted by atomic mass is 10.2. The molecule has 0 atom stereocenters. The molecule has 2 N–H and O–H groups in total. The molecule has 1 aliphatic carbocycles. The highest BCUT2D eigenvalue weighted by atomic mass is 32.2. The first-order valence-corrected chi connectivity index (χ1v) is 7.91. The van der Waals surface area contributed by atoms with Crippen LogP contribution < -0.4 is 5.73 Å². The summed E-state index contributed by atoms with van der Waals surface area (Å²) in [7, 11) is 0. The zero-order valence-electron chi connectivity index (χ0n) is 11.4. The molecule has 20 heavy (non-hydrogen) atoms. The third kappa shape index (κ3) is 2.95. The second-order valence-electron chi connectivity index (χ2n) is 4.94. The molecule has 0 aliphatic heterocycles. The molecule has 0 amide bonds. The Morgan fingerprint density at radius 3 is 3.00 bits per heavy atom. The van der Waals surface area contributed by atoms with E-state index in [4.69, 9.17) is 10.3 Å². The highest BCUT2D eigenvalue weighted by Gasteiger charge is 2.28. The largest absolute Gasteiger partial charge is 0.368 e. The average molecular weight is 294 g/mol. The summed E-state index contributed by atoms with van der Waals surface area (Å²) in [5.74, 6) is 2.53. The summed E-state index contributed by atoms with van der Waals surface area (Å²) in [5, 5.41) is 12.9. The summed E-state index contributed by atoms with van der Waals surface area (Å²) in [4.78, 5) is 4.37. The average Bonchev–Trinajstić information content (AvgIpc) is 3.06. The van der Waals surface area contributed by atoms with Gasteiger partial charge in [-0.05, 0) is 19.3 Å². The van der Waals surface area contributed by atoms with Crippen molar-refractivity contribution in [2.75, 3.05) is 5.73 Å². The van der Waals surface area contributed by atoms with Gasteiger partial charge in [0.25, 0.3) is 0 Å². The fourth-order valence-corrected chi connectivity index (χ4v) is 2.83. The number of nitrogens with zero attached hydrogens (tertiary/aromatic N) is 5. The molecule has 0 bridgehead atoms. The van der Waals surface area contributed by atoms with E-state index in [-0.39, 0.29) is 0 Å². The van der Waals surface area contributed by atoms with E-state index in [0.29, 0.717) is 29.5 Å². The van der Waals surface area contributed by atoms with Crippen molar-refractivity contribution in [1.29, 1.82) is 0 Å². The van der Waals surface area contributed by atoms with E-state index in [2.05, 4.69) is 27.3 Å². The van der Waals surface area contributed by atoms with Gasteiger partial charge in [0.05, 0.1) is 5.75 Å². The Labute approximate surface area is 121 Å². The molecule has 7 nitrogen and oxygen atoms in total. The molecule has 0 spiro atoms. The van der Waals surface area contributed by atoms with Gasteiger partial charge < -0.3 is 10.3 Å². The third-order valence-electron chi connectivity index (χ3n) is 3.19. The summed E-state index contributed by atoms with van der Waals surface area (Å²) >= 11 is 1.55. The van der Waals surface area contributed by atoms with Gasteiger partial charge in [0.2, 0.25) is 11.8 Å². The lowest BCUT2D eigenvalue weighted by Gasteiger charge is -2.03. The van der Waals surface area contributed by atoms with E-state index >= 15 is 0 Å². The van der Waals surface area contributed by atoms with Crippen LogP contribution in [0.5, 0.6) is 0 Å². The zero-order valence-corrected chi connectivity index (χ0v) is 12.3. The van der Waals surface area contributed by atoms with Crippen molar-refractivity contribution in [2.45, 2.75) is 56.0 Å². The first-order valence-electron chi connectivity index (χ1n) is 6.92. The van der Waals surface area contributed by atoms with Crippen LogP contribution >= 0.6 is 11.8 Å². The van der Waals surface area contributed by atoms with E-state index in [0.717, 1.165) is 37.3 Å². The van der Waals surface area contributed by atoms with Crippen molar-refractivity contribution < 1.29 is 4.52 Å². The van der Waals surface area contributed by atoms with E-state index in [1.54, 1.807) is 11.8 Å². The molecule has 1 fully saturated rings. The van der Waals surface area contributed by atoms with Crippen LogP contribution in [0.2, 0.25) is 0 Å². The Morgan fingerprint density at radius 1 is 1.40 bits per heavy atom. The number of rotatable bonds is 7. The quantitative estimate of drug-likeness (QED) is 0.782. The maximum atomic E-state index is 5.84. The number of hydrogen-bond acceptors (Lipinski definition) is 7. The number of aromatic nitrogens is 5. The number of thioether (sulfide) groups is 1. The van der Waals surface area contributed by atoms with Gasteiger partial charge in [-0.2, -0.15) is 4.98 Å². The van der Waals surface area contributed by atoms with Crippen LogP contribution in [0.4, 0.5) is 5.95 Å². The van der Waals surface area contributed by atoms with E-state index in [1.807, 2.05) is 4.57 Å². The summed E-state index contributed by atoms with van der Waals surface area (Å²) in [6.45, 7) is 2.14. The zero-order chi connectivity index (χ0) is 13.9. The molecular formula is C12H18N6OS. The number of hydrogen-bond donors (Lipinski definition) is 1. The summed E-state index contributed by atoms with van der Waals surface area (Å²) in [5.41, 5.74) is 5.84. The van der Waals surface area contributed by atoms with Crippen LogP contribution in [-0.4, -0.2) is 24.9 Å². The van der Waals surface area contributed by atoms with Crippen LogP contribution in [0.25, 0.3) is 0 Å². The highest BCUT2D eigenvalue weighted by Crippen LogP contribution is 2.39. The van der Waals surface area contributed by atoms with Crippen LogP contribution in [0, 0.1) is 0 Å². The maximum Gasteiger partial charge on any atom is 0.226 e. The molecule has 0 unspecified atom stereocenters. The van der Waals surface area contributed by atoms with Gasteiger partial charge in [-0.15, -0.1) is 10.2 Å². The van der Waals surface area contributed by atoms with E-state index in [1.165, 1.54) is 0 Å². The van der Waals surface area contributed by atoms with Gasteiger partial charge in [0, 0.05) is 12.5 Å². The van der Waals surface area contributed by atoms with Crippen LogP contribution in [-0.2, 0) is 12.2 Å². The van der Waals surface area contributed by atoms with Crippen molar-refractivity contribution in [3.63, 3.8) is 0 Å². The molecule has 1 saturated carbocycles. The summed E-state index contributed by atoms with van der Waals surface area (Å²) in [6.07, 6.45) is 5.34. The van der Waals surface area contributed by atoms with Gasteiger partial charge in [-0.3, -0.25) is 4.57 Å².